The molecule has 0 aromatic rings. The summed E-state index contributed by atoms with van der Waals surface area (Å²) in [6.45, 7) is 6.44. The zero-order chi connectivity index (χ0) is 11.0. The van der Waals surface area contributed by atoms with Crippen molar-refractivity contribution in [2.24, 2.45) is 5.92 Å². The molecule has 0 aromatic carbocycles. The summed E-state index contributed by atoms with van der Waals surface area (Å²) >= 11 is 0. The molecule has 4 nitrogen and oxygen atoms in total. The van der Waals surface area contributed by atoms with Crippen molar-refractivity contribution in [1.82, 2.24) is 9.44 Å². The lowest BCUT2D eigenvalue weighted by Crippen LogP contribution is -2.38. The molecule has 0 aliphatic carbocycles. The van der Waals surface area contributed by atoms with Crippen molar-refractivity contribution >= 4 is 10.2 Å². The molecule has 0 radical (unpaired) electrons. The fraction of sp³-hybridized carbons (Fsp3) is 0.778. The highest BCUT2D eigenvalue weighted by Gasteiger charge is 2.07. The van der Waals surface area contributed by atoms with E-state index in [1.54, 1.807) is 6.92 Å². The van der Waals surface area contributed by atoms with E-state index in [0.29, 0.717) is 25.4 Å². The molecule has 0 amide bonds. The highest BCUT2D eigenvalue weighted by atomic mass is 32.2. The van der Waals surface area contributed by atoms with Gasteiger partial charge in [-0.05, 0) is 12.8 Å². The first-order valence-corrected chi connectivity index (χ1v) is 6.10. The average molecular weight is 218 g/mol. The van der Waals surface area contributed by atoms with E-state index < -0.39 is 10.2 Å². The fourth-order valence-corrected chi connectivity index (χ4v) is 1.73. The van der Waals surface area contributed by atoms with Gasteiger partial charge in [0.05, 0.1) is 0 Å². The zero-order valence-corrected chi connectivity index (χ0v) is 9.74. The van der Waals surface area contributed by atoms with Gasteiger partial charge in [0.2, 0.25) is 0 Å². The Labute approximate surface area is 86.7 Å². The lowest BCUT2D eigenvalue weighted by Gasteiger charge is -2.08. The quantitative estimate of drug-likeness (QED) is 0.503. The molecular weight excluding hydrogens is 200 g/mol. The monoisotopic (exact) mass is 218 g/mol. The van der Waals surface area contributed by atoms with Gasteiger partial charge in [-0.3, -0.25) is 0 Å². The second-order valence-electron chi connectivity index (χ2n) is 3.32. The fourth-order valence-electron chi connectivity index (χ4n) is 0.700. The van der Waals surface area contributed by atoms with Gasteiger partial charge in [-0.2, -0.15) is 8.42 Å². The predicted octanol–water partition coefficient (Wildman–Crippen LogP) is 0.480. The van der Waals surface area contributed by atoms with Gasteiger partial charge in [-0.25, -0.2) is 9.44 Å². The van der Waals surface area contributed by atoms with E-state index in [0.717, 1.165) is 0 Å². The van der Waals surface area contributed by atoms with Crippen LogP contribution in [0, 0.1) is 17.8 Å². The lowest BCUT2D eigenvalue weighted by atomic mass is 10.2. The van der Waals surface area contributed by atoms with Gasteiger partial charge in [0.25, 0.3) is 10.2 Å². The summed E-state index contributed by atoms with van der Waals surface area (Å²) in [7, 11) is -3.32. The Bertz CT molecular complexity index is 299. The van der Waals surface area contributed by atoms with Crippen molar-refractivity contribution in [2.75, 3.05) is 13.1 Å². The number of hydrogen-bond acceptors (Lipinski definition) is 2. The largest absolute Gasteiger partial charge is 0.276 e. The van der Waals surface area contributed by atoms with E-state index in [1.165, 1.54) is 0 Å². The van der Waals surface area contributed by atoms with E-state index in [9.17, 15) is 8.42 Å². The standard InChI is InChI=1S/C9H18N2O2S/c1-4-5-6-7-10-14(12,13)11-8-9(2)3/h9-11H,6-8H2,1-3H3. The van der Waals surface area contributed by atoms with Crippen LogP contribution in [0.2, 0.25) is 0 Å². The molecular formula is C9H18N2O2S. The van der Waals surface area contributed by atoms with Crippen molar-refractivity contribution in [2.45, 2.75) is 27.2 Å². The van der Waals surface area contributed by atoms with E-state index in [4.69, 9.17) is 0 Å². The van der Waals surface area contributed by atoms with Crippen molar-refractivity contribution in [3.05, 3.63) is 0 Å². The van der Waals surface area contributed by atoms with E-state index in [-0.39, 0.29) is 0 Å². The first kappa shape index (κ1) is 13.4. The number of hydrogen-bond donors (Lipinski definition) is 2. The van der Waals surface area contributed by atoms with Crippen LogP contribution < -0.4 is 9.44 Å². The van der Waals surface area contributed by atoms with Crippen LogP contribution in [0.1, 0.15) is 27.2 Å². The highest BCUT2D eigenvalue weighted by Crippen LogP contribution is 1.89. The molecule has 0 saturated heterocycles. The molecule has 0 aliphatic heterocycles. The van der Waals surface area contributed by atoms with Crippen LogP contribution in [0.3, 0.4) is 0 Å². The van der Waals surface area contributed by atoms with E-state index >= 15 is 0 Å². The minimum Gasteiger partial charge on any atom is -0.202 e. The topological polar surface area (TPSA) is 58.2 Å². The SMILES string of the molecule is CC#CCCNS(=O)(=O)NCC(C)C. The minimum atomic E-state index is -3.32. The Balaban J connectivity index is 3.77. The Morgan fingerprint density at radius 1 is 1.29 bits per heavy atom. The van der Waals surface area contributed by atoms with Gasteiger partial charge < -0.3 is 0 Å². The van der Waals surface area contributed by atoms with Crippen LogP contribution in [0.25, 0.3) is 0 Å². The maximum Gasteiger partial charge on any atom is 0.276 e. The average Bonchev–Trinajstić information content (AvgIpc) is 2.10. The predicted molar refractivity (Wildman–Crippen MR) is 57.8 cm³/mol. The maximum atomic E-state index is 11.2. The number of nitrogens with one attached hydrogen (secondary N) is 2. The summed E-state index contributed by atoms with van der Waals surface area (Å²) < 4.78 is 27.3. The highest BCUT2D eigenvalue weighted by molar-refractivity contribution is 7.87. The second kappa shape index (κ2) is 6.82. The molecule has 14 heavy (non-hydrogen) atoms. The van der Waals surface area contributed by atoms with Crippen molar-refractivity contribution in [3.63, 3.8) is 0 Å². The van der Waals surface area contributed by atoms with Crippen molar-refractivity contribution in [3.8, 4) is 11.8 Å². The molecule has 82 valence electrons. The van der Waals surface area contributed by atoms with Crippen LogP contribution in [-0.2, 0) is 10.2 Å². The van der Waals surface area contributed by atoms with Crippen LogP contribution in [0.15, 0.2) is 0 Å². The Hall–Kier alpha value is -0.570. The third kappa shape index (κ3) is 8.05. The van der Waals surface area contributed by atoms with Gasteiger partial charge in [-0.15, -0.1) is 11.8 Å². The van der Waals surface area contributed by atoms with Crippen LogP contribution in [-0.4, -0.2) is 21.5 Å². The van der Waals surface area contributed by atoms with Crippen LogP contribution in [0.4, 0.5) is 0 Å². The Morgan fingerprint density at radius 3 is 2.43 bits per heavy atom. The van der Waals surface area contributed by atoms with E-state index in [2.05, 4.69) is 21.3 Å². The Kier molecular flexibility index (Phi) is 6.54. The van der Waals surface area contributed by atoms with Crippen LogP contribution in [0.5, 0.6) is 0 Å². The normalized spacial score (nSPS) is 11.1. The molecule has 0 aromatic heterocycles. The molecule has 0 fully saturated rings. The second-order valence-corrected chi connectivity index (χ2v) is 4.90. The van der Waals surface area contributed by atoms with E-state index in [1.807, 2.05) is 13.8 Å². The molecule has 0 atom stereocenters. The molecule has 0 saturated carbocycles. The molecule has 5 heteroatoms. The molecule has 0 heterocycles. The smallest absolute Gasteiger partial charge is 0.202 e. The Morgan fingerprint density at radius 2 is 1.93 bits per heavy atom. The van der Waals surface area contributed by atoms with Gasteiger partial charge in [-0.1, -0.05) is 13.8 Å². The van der Waals surface area contributed by atoms with Gasteiger partial charge in [0.15, 0.2) is 0 Å². The summed E-state index contributed by atoms with van der Waals surface area (Å²) in [4.78, 5) is 0. The van der Waals surface area contributed by atoms with Gasteiger partial charge >= 0.3 is 0 Å². The summed E-state index contributed by atoms with van der Waals surface area (Å²) in [5.41, 5.74) is 0. The molecule has 0 unspecified atom stereocenters. The van der Waals surface area contributed by atoms with Gasteiger partial charge in [0, 0.05) is 19.5 Å². The molecule has 0 bridgehead atoms. The first-order chi connectivity index (χ1) is 6.48. The van der Waals surface area contributed by atoms with Gasteiger partial charge in [0.1, 0.15) is 0 Å². The third-order valence-corrected chi connectivity index (χ3v) is 2.53. The molecule has 0 aliphatic rings. The third-order valence-electron chi connectivity index (χ3n) is 1.40. The van der Waals surface area contributed by atoms with Crippen molar-refractivity contribution in [1.29, 1.82) is 0 Å². The zero-order valence-electron chi connectivity index (χ0n) is 8.92. The number of rotatable bonds is 6. The first-order valence-electron chi connectivity index (χ1n) is 4.62. The molecule has 0 rings (SSSR count). The molecule has 2 N–H and O–H groups in total. The lowest BCUT2D eigenvalue weighted by molar-refractivity contribution is 0.548. The summed E-state index contributed by atoms with van der Waals surface area (Å²) in [5.74, 6) is 5.79. The summed E-state index contributed by atoms with van der Waals surface area (Å²) in [6.07, 6.45) is 0.541. The summed E-state index contributed by atoms with van der Waals surface area (Å²) in [5, 5.41) is 0. The minimum absolute atomic E-state index is 0.307. The summed E-state index contributed by atoms with van der Waals surface area (Å²) in [6, 6.07) is 0. The van der Waals surface area contributed by atoms with Crippen LogP contribution >= 0.6 is 0 Å². The van der Waals surface area contributed by atoms with Crippen molar-refractivity contribution < 1.29 is 8.42 Å². The maximum absolute atomic E-state index is 11.2. The molecule has 0 spiro atoms.